The molecule has 0 aromatic rings. The molecule has 0 saturated heterocycles. The molecule has 1 fully saturated rings. The molecule has 0 heterocycles. The molecular weight excluding hydrogens is 276 g/mol. The molecule has 0 unspecified atom stereocenters. The summed E-state index contributed by atoms with van der Waals surface area (Å²) in [5.41, 5.74) is 0.414. The molecule has 0 bridgehead atoms. The zero-order valence-corrected chi connectivity index (χ0v) is 14.4. The van der Waals surface area contributed by atoms with Gasteiger partial charge in [-0.3, -0.25) is 9.59 Å². The van der Waals surface area contributed by atoms with E-state index in [4.69, 9.17) is 0 Å². The predicted octanol–water partition coefficient (Wildman–Crippen LogP) is 3.69. The maximum absolute atomic E-state index is 12.3. The van der Waals surface area contributed by atoms with Gasteiger partial charge < -0.3 is 5.11 Å². The molecule has 3 heteroatoms. The van der Waals surface area contributed by atoms with Crippen molar-refractivity contribution < 1.29 is 14.7 Å². The van der Waals surface area contributed by atoms with Crippen LogP contribution in [0.3, 0.4) is 0 Å². The van der Waals surface area contributed by atoms with Gasteiger partial charge in [0.1, 0.15) is 11.6 Å². The molecule has 0 aromatic carbocycles. The van der Waals surface area contributed by atoms with Crippen LogP contribution in [-0.4, -0.2) is 22.3 Å². The van der Waals surface area contributed by atoms with Crippen molar-refractivity contribution in [3.05, 3.63) is 11.6 Å². The van der Waals surface area contributed by atoms with Crippen LogP contribution in [0.5, 0.6) is 0 Å². The third kappa shape index (κ3) is 3.87. The number of aliphatic hydroxyl groups is 1. The first-order valence-electron chi connectivity index (χ1n) is 8.68. The van der Waals surface area contributed by atoms with Crippen molar-refractivity contribution in [2.45, 2.75) is 71.8 Å². The van der Waals surface area contributed by atoms with Crippen LogP contribution in [0.1, 0.15) is 66.2 Å². The molecule has 0 aromatic heterocycles. The summed E-state index contributed by atoms with van der Waals surface area (Å²) in [6.07, 6.45) is 6.11. The van der Waals surface area contributed by atoms with Gasteiger partial charge in [-0.05, 0) is 38.0 Å². The van der Waals surface area contributed by atoms with Crippen molar-refractivity contribution in [3.63, 3.8) is 0 Å². The molecular formula is C19H30O3. The summed E-state index contributed by atoms with van der Waals surface area (Å²) < 4.78 is 0. The zero-order chi connectivity index (χ0) is 16.5. The van der Waals surface area contributed by atoms with E-state index in [1.165, 1.54) is 5.57 Å². The number of hydrogen-bond donors (Lipinski definition) is 1. The van der Waals surface area contributed by atoms with E-state index in [-0.39, 0.29) is 23.5 Å². The smallest absolute Gasteiger partial charge is 0.136 e. The van der Waals surface area contributed by atoms with Gasteiger partial charge in [0.25, 0.3) is 0 Å². The van der Waals surface area contributed by atoms with Gasteiger partial charge in [-0.15, -0.1) is 0 Å². The SMILES string of the molecule is CC(C)CC(=O)C[C@H](C)C1=C[C@@H]2[C@H](CC[C@@]2(C)O)C(=O)CC1. The summed E-state index contributed by atoms with van der Waals surface area (Å²) in [6, 6.07) is 0. The number of carbonyl (C=O) groups excluding carboxylic acids is 2. The lowest BCUT2D eigenvalue weighted by atomic mass is 9.83. The Morgan fingerprint density at radius 2 is 2.00 bits per heavy atom. The molecule has 3 nitrogen and oxygen atoms in total. The second-order valence-corrected chi connectivity index (χ2v) is 7.98. The van der Waals surface area contributed by atoms with E-state index in [2.05, 4.69) is 26.8 Å². The fraction of sp³-hybridized carbons (Fsp3) is 0.789. The fourth-order valence-corrected chi connectivity index (χ4v) is 4.07. The van der Waals surface area contributed by atoms with Crippen molar-refractivity contribution >= 4 is 11.6 Å². The summed E-state index contributed by atoms with van der Waals surface area (Å²) >= 11 is 0. The normalized spacial score (nSPS) is 33.4. The minimum absolute atomic E-state index is 0.0222. The molecule has 0 radical (unpaired) electrons. The van der Waals surface area contributed by atoms with Gasteiger partial charge in [0, 0.05) is 31.1 Å². The highest BCUT2D eigenvalue weighted by Crippen LogP contribution is 2.45. The number of Topliss-reactive ketones (excluding diaryl/α,β-unsaturated/α-hetero) is 2. The van der Waals surface area contributed by atoms with E-state index < -0.39 is 5.60 Å². The molecule has 0 spiro atoms. The van der Waals surface area contributed by atoms with Crippen LogP contribution in [-0.2, 0) is 9.59 Å². The molecule has 2 aliphatic rings. The Bertz CT molecular complexity index is 473. The standard InChI is InChI=1S/C19H30O3/c1-12(2)9-15(20)10-13(3)14-5-6-18(21)16-7-8-19(4,22)17(16)11-14/h11-13,16-17,22H,5-10H2,1-4H3/t13-,16-,17+,19+/m0/s1. The zero-order valence-electron chi connectivity index (χ0n) is 14.4. The molecule has 1 saturated carbocycles. The van der Waals surface area contributed by atoms with Gasteiger partial charge in [-0.1, -0.05) is 32.4 Å². The summed E-state index contributed by atoms with van der Waals surface area (Å²) in [5, 5.41) is 10.6. The van der Waals surface area contributed by atoms with Crippen LogP contribution in [0.2, 0.25) is 0 Å². The first-order valence-corrected chi connectivity index (χ1v) is 8.68. The lowest BCUT2D eigenvalue weighted by molar-refractivity contribution is -0.124. The summed E-state index contributed by atoms with van der Waals surface area (Å²) in [5.74, 6) is 1.06. The Hall–Kier alpha value is -0.960. The Morgan fingerprint density at radius 3 is 2.64 bits per heavy atom. The number of hydrogen-bond acceptors (Lipinski definition) is 3. The molecule has 0 amide bonds. The van der Waals surface area contributed by atoms with Crippen molar-refractivity contribution in [2.24, 2.45) is 23.7 Å². The minimum atomic E-state index is -0.780. The average Bonchev–Trinajstić information content (AvgIpc) is 2.57. The monoisotopic (exact) mass is 306 g/mol. The second-order valence-electron chi connectivity index (χ2n) is 7.98. The maximum Gasteiger partial charge on any atom is 0.136 e. The van der Waals surface area contributed by atoms with E-state index in [1.807, 2.05) is 6.92 Å². The van der Waals surface area contributed by atoms with Crippen LogP contribution in [0, 0.1) is 23.7 Å². The first-order chi connectivity index (χ1) is 10.2. The summed E-state index contributed by atoms with van der Waals surface area (Å²) in [4.78, 5) is 24.4. The second kappa shape index (κ2) is 6.66. The van der Waals surface area contributed by atoms with E-state index in [0.717, 1.165) is 12.8 Å². The van der Waals surface area contributed by atoms with Gasteiger partial charge >= 0.3 is 0 Å². The lowest BCUT2D eigenvalue weighted by Gasteiger charge is -2.26. The van der Waals surface area contributed by atoms with Gasteiger partial charge in [-0.25, -0.2) is 0 Å². The molecule has 1 N–H and O–H groups in total. The largest absolute Gasteiger partial charge is 0.390 e. The molecule has 124 valence electrons. The lowest BCUT2D eigenvalue weighted by Crippen LogP contribution is -2.32. The van der Waals surface area contributed by atoms with Crippen LogP contribution in [0.15, 0.2) is 11.6 Å². The predicted molar refractivity (Wildman–Crippen MR) is 87.4 cm³/mol. The first kappa shape index (κ1) is 17.4. The number of fused-ring (bicyclic) bond motifs is 1. The summed E-state index contributed by atoms with van der Waals surface area (Å²) in [6.45, 7) is 8.05. The highest BCUT2D eigenvalue weighted by Gasteiger charge is 2.46. The maximum atomic E-state index is 12.3. The summed E-state index contributed by atoms with van der Waals surface area (Å²) in [7, 11) is 0. The molecule has 2 rings (SSSR count). The van der Waals surface area contributed by atoms with Gasteiger partial charge in [0.15, 0.2) is 0 Å². The third-order valence-corrected chi connectivity index (χ3v) is 5.38. The molecule has 22 heavy (non-hydrogen) atoms. The quantitative estimate of drug-likeness (QED) is 0.788. The van der Waals surface area contributed by atoms with Gasteiger partial charge in [0.2, 0.25) is 0 Å². The number of rotatable bonds is 5. The van der Waals surface area contributed by atoms with Crippen molar-refractivity contribution in [1.82, 2.24) is 0 Å². The number of allylic oxidation sites excluding steroid dienone is 1. The Kier molecular flexibility index (Phi) is 5.26. The Labute approximate surface area is 134 Å². The molecule has 0 aliphatic heterocycles. The van der Waals surface area contributed by atoms with E-state index >= 15 is 0 Å². The van der Waals surface area contributed by atoms with Crippen molar-refractivity contribution in [3.8, 4) is 0 Å². The van der Waals surface area contributed by atoms with E-state index in [1.54, 1.807) is 0 Å². The minimum Gasteiger partial charge on any atom is -0.390 e. The van der Waals surface area contributed by atoms with Crippen LogP contribution in [0.4, 0.5) is 0 Å². The van der Waals surface area contributed by atoms with Crippen molar-refractivity contribution in [2.75, 3.05) is 0 Å². The van der Waals surface area contributed by atoms with E-state index in [9.17, 15) is 14.7 Å². The van der Waals surface area contributed by atoms with E-state index in [0.29, 0.717) is 37.4 Å². The highest BCUT2D eigenvalue weighted by molar-refractivity contribution is 5.83. The molecule has 2 aliphatic carbocycles. The average molecular weight is 306 g/mol. The molecule has 4 atom stereocenters. The Morgan fingerprint density at radius 1 is 1.32 bits per heavy atom. The van der Waals surface area contributed by atoms with Crippen LogP contribution < -0.4 is 0 Å². The van der Waals surface area contributed by atoms with Crippen LogP contribution >= 0.6 is 0 Å². The van der Waals surface area contributed by atoms with Gasteiger partial charge in [-0.2, -0.15) is 0 Å². The fourth-order valence-electron chi connectivity index (χ4n) is 4.07. The van der Waals surface area contributed by atoms with Crippen LogP contribution in [0.25, 0.3) is 0 Å². The highest BCUT2D eigenvalue weighted by atomic mass is 16.3. The Balaban J connectivity index is 2.12. The van der Waals surface area contributed by atoms with Crippen molar-refractivity contribution in [1.29, 1.82) is 0 Å². The number of carbonyl (C=O) groups is 2. The topological polar surface area (TPSA) is 54.4 Å². The van der Waals surface area contributed by atoms with Gasteiger partial charge in [0.05, 0.1) is 5.60 Å². The number of ketones is 2. The third-order valence-electron chi connectivity index (χ3n) is 5.38.